The summed E-state index contributed by atoms with van der Waals surface area (Å²) in [5.74, 6) is 0. The zero-order valence-electron chi connectivity index (χ0n) is 8.47. The molecule has 0 radical (unpaired) electrons. The van der Waals surface area contributed by atoms with Crippen LogP contribution in [0.2, 0.25) is 0 Å². The van der Waals surface area contributed by atoms with Crippen LogP contribution in [0.15, 0.2) is 42.7 Å². The highest BCUT2D eigenvalue weighted by Gasteiger charge is 2.07. The fourth-order valence-corrected chi connectivity index (χ4v) is 1.67. The summed E-state index contributed by atoms with van der Waals surface area (Å²) in [6, 6.07) is 9.87. The van der Waals surface area contributed by atoms with Crippen molar-refractivity contribution in [2.24, 2.45) is 0 Å². The number of nitrogens with zero attached hydrogens (tertiary/aromatic N) is 1. The molecule has 0 aliphatic heterocycles. The van der Waals surface area contributed by atoms with Gasteiger partial charge in [-0.05, 0) is 23.6 Å². The van der Waals surface area contributed by atoms with Crippen LogP contribution in [0.1, 0.15) is 15.9 Å². The predicted octanol–water partition coefficient (Wildman–Crippen LogP) is 2.87. The number of aryl methyl sites for hydroxylation is 1. The zero-order valence-corrected chi connectivity index (χ0v) is 8.47. The Bertz CT molecular complexity index is 477. The van der Waals surface area contributed by atoms with E-state index >= 15 is 0 Å². The molecule has 0 spiro atoms. The monoisotopic (exact) mass is 197 g/mol. The first-order valence-electron chi connectivity index (χ1n) is 4.78. The Morgan fingerprint density at radius 3 is 2.53 bits per heavy atom. The summed E-state index contributed by atoms with van der Waals surface area (Å²) in [6.45, 7) is 1.96. The molecule has 15 heavy (non-hydrogen) atoms. The number of rotatable bonds is 2. The summed E-state index contributed by atoms with van der Waals surface area (Å²) in [5, 5.41) is 0. The average molecular weight is 197 g/mol. The minimum Gasteiger partial charge on any atom is -0.298 e. The van der Waals surface area contributed by atoms with Gasteiger partial charge in [-0.15, -0.1) is 0 Å². The Kier molecular flexibility index (Phi) is 2.59. The van der Waals surface area contributed by atoms with Gasteiger partial charge in [-0.1, -0.05) is 30.3 Å². The molecule has 0 atom stereocenters. The van der Waals surface area contributed by atoms with Crippen LogP contribution in [-0.2, 0) is 0 Å². The second-order valence-corrected chi connectivity index (χ2v) is 3.40. The molecular weight excluding hydrogens is 186 g/mol. The predicted molar refractivity (Wildman–Crippen MR) is 59.8 cm³/mol. The first-order chi connectivity index (χ1) is 7.33. The van der Waals surface area contributed by atoms with E-state index in [0.717, 1.165) is 23.0 Å². The molecule has 2 heteroatoms. The summed E-state index contributed by atoms with van der Waals surface area (Å²) >= 11 is 0. The second-order valence-electron chi connectivity index (χ2n) is 3.40. The van der Waals surface area contributed by atoms with Crippen molar-refractivity contribution < 1.29 is 4.79 Å². The summed E-state index contributed by atoms with van der Waals surface area (Å²) in [6.07, 6.45) is 4.22. The van der Waals surface area contributed by atoms with Crippen LogP contribution < -0.4 is 0 Å². The van der Waals surface area contributed by atoms with Crippen molar-refractivity contribution in [3.63, 3.8) is 0 Å². The number of carbonyl (C=O) groups is 1. The average Bonchev–Trinajstić information content (AvgIpc) is 2.29. The standard InChI is InChI=1S/C13H11NO/c1-10-7-14-8-12(9-15)13(10)11-5-3-2-4-6-11/h2-9H,1H3. The highest BCUT2D eigenvalue weighted by Crippen LogP contribution is 2.25. The minimum atomic E-state index is 0.640. The van der Waals surface area contributed by atoms with Crippen molar-refractivity contribution >= 4 is 6.29 Å². The number of hydrogen-bond acceptors (Lipinski definition) is 2. The van der Waals surface area contributed by atoms with E-state index in [9.17, 15) is 4.79 Å². The molecule has 0 N–H and O–H groups in total. The van der Waals surface area contributed by atoms with Gasteiger partial charge >= 0.3 is 0 Å². The van der Waals surface area contributed by atoms with Gasteiger partial charge in [-0.3, -0.25) is 9.78 Å². The molecule has 1 aromatic heterocycles. The Balaban J connectivity index is 2.66. The third kappa shape index (κ3) is 1.79. The van der Waals surface area contributed by atoms with E-state index in [1.165, 1.54) is 0 Å². The number of carbonyl (C=O) groups excluding carboxylic acids is 1. The van der Waals surface area contributed by atoms with Crippen LogP contribution in [0.4, 0.5) is 0 Å². The van der Waals surface area contributed by atoms with E-state index in [4.69, 9.17) is 0 Å². The van der Waals surface area contributed by atoms with E-state index in [1.807, 2.05) is 37.3 Å². The van der Waals surface area contributed by atoms with E-state index in [2.05, 4.69) is 4.98 Å². The fourth-order valence-electron chi connectivity index (χ4n) is 1.67. The van der Waals surface area contributed by atoms with Gasteiger partial charge in [0.1, 0.15) is 0 Å². The minimum absolute atomic E-state index is 0.640. The second kappa shape index (κ2) is 4.05. The van der Waals surface area contributed by atoms with Crippen molar-refractivity contribution in [3.05, 3.63) is 53.9 Å². The third-order valence-corrected chi connectivity index (χ3v) is 2.35. The quantitative estimate of drug-likeness (QED) is 0.693. The molecule has 0 aliphatic rings. The summed E-state index contributed by atoms with van der Waals surface area (Å²) in [5.41, 5.74) is 3.69. The van der Waals surface area contributed by atoms with E-state index in [-0.39, 0.29) is 0 Å². The summed E-state index contributed by atoms with van der Waals surface area (Å²) in [4.78, 5) is 14.9. The molecule has 1 heterocycles. The zero-order chi connectivity index (χ0) is 10.7. The molecule has 2 nitrogen and oxygen atoms in total. The largest absolute Gasteiger partial charge is 0.298 e. The molecule has 0 aliphatic carbocycles. The number of pyridine rings is 1. The molecule has 2 aromatic rings. The van der Waals surface area contributed by atoms with Crippen LogP contribution >= 0.6 is 0 Å². The Labute approximate surface area is 88.6 Å². The molecule has 0 amide bonds. The molecule has 2 rings (SSSR count). The van der Waals surface area contributed by atoms with Gasteiger partial charge in [0.05, 0.1) is 0 Å². The van der Waals surface area contributed by atoms with Crippen molar-refractivity contribution in [1.82, 2.24) is 4.98 Å². The lowest BCUT2D eigenvalue weighted by atomic mass is 9.98. The molecule has 0 saturated heterocycles. The Hall–Kier alpha value is -1.96. The third-order valence-electron chi connectivity index (χ3n) is 2.35. The van der Waals surface area contributed by atoms with Gasteiger partial charge in [0, 0.05) is 18.0 Å². The first kappa shape index (κ1) is 9.59. The number of benzene rings is 1. The lowest BCUT2D eigenvalue weighted by Gasteiger charge is -2.07. The number of hydrogen-bond donors (Lipinski definition) is 0. The Morgan fingerprint density at radius 2 is 1.87 bits per heavy atom. The SMILES string of the molecule is Cc1cncc(C=O)c1-c1ccccc1. The van der Waals surface area contributed by atoms with Crippen LogP contribution in [0.5, 0.6) is 0 Å². The Morgan fingerprint density at radius 1 is 1.13 bits per heavy atom. The molecule has 1 aromatic carbocycles. The van der Waals surface area contributed by atoms with Crippen molar-refractivity contribution in [1.29, 1.82) is 0 Å². The fraction of sp³-hybridized carbons (Fsp3) is 0.0769. The van der Waals surface area contributed by atoms with Crippen molar-refractivity contribution in [2.45, 2.75) is 6.92 Å². The van der Waals surface area contributed by atoms with Gasteiger partial charge < -0.3 is 0 Å². The van der Waals surface area contributed by atoms with E-state index in [1.54, 1.807) is 12.4 Å². The maximum absolute atomic E-state index is 10.9. The van der Waals surface area contributed by atoms with Crippen LogP contribution in [0, 0.1) is 6.92 Å². The summed E-state index contributed by atoms with van der Waals surface area (Å²) in [7, 11) is 0. The maximum atomic E-state index is 10.9. The lowest BCUT2D eigenvalue weighted by Crippen LogP contribution is -1.92. The smallest absolute Gasteiger partial charge is 0.152 e. The molecule has 0 unspecified atom stereocenters. The van der Waals surface area contributed by atoms with Gasteiger partial charge in [-0.2, -0.15) is 0 Å². The molecular formula is C13H11NO. The van der Waals surface area contributed by atoms with Gasteiger partial charge in [0.25, 0.3) is 0 Å². The van der Waals surface area contributed by atoms with Gasteiger partial charge in [0.15, 0.2) is 6.29 Å². The molecule has 0 bridgehead atoms. The maximum Gasteiger partial charge on any atom is 0.152 e. The van der Waals surface area contributed by atoms with Crippen molar-refractivity contribution in [2.75, 3.05) is 0 Å². The van der Waals surface area contributed by atoms with Crippen LogP contribution in [-0.4, -0.2) is 11.3 Å². The first-order valence-corrected chi connectivity index (χ1v) is 4.78. The van der Waals surface area contributed by atoms with Crippen LogP contribution in [0.3, 0.4) is 0 Å². The molecule has 0 saturated carbocycles. The normalized spacial score (nSPS) is 9.93. The van der Waals surface area contributed by atoms with E-state index in [0.29, 0.717) is 5.56 Å². The van der Waals surface area contributed by atoms with Gasteiger partial charge in [0.2, 0.25) is 0 Å². The summed E-state index contributed by atoms with van der Waals surface area (Å²) < 4.78 is 0. The highest BCUT2D eigenvalue weighted by atomic mass is 16.1. The van der Waals surface area contributed by atoms with E-state index < -0.39 is 0 Å². The highest BCUT2D eigenvalue weighted by molar-refractivity contribution is 5.88. The lowest BCUT2D eigenvalue weighted by molar-refractivity contribution is 0.112. The number of aromatic nitrogens is 1. The number of aldehydes is 1. The molecule has 0 fully saturated rings. The molecule has 74 valence electrons. The van der Waals surface area contributed by atoms with Gasteiger partial charge in [-0.25, -0.2) is 0 Å². The topological polar surface area (TPSA) is 30.0 Å². The van der Waals surface area contributed by atoms with Crippen molar-refractivity contribution in [3.8, 4) is 11.1 Å². The van der Waals surface area contributed by atoms with Crippen LogP contribution in [0.25, 0.3) is 11.1 Å².